The molecule has 0 bridgehead atoms. The molecule has 1 saturated heterocycles. The number of phenols is 1. The summed E-state index contributed by atoms with van der Waals surface area (Å²) in [6.07, 6.45) is 0.633. The average molecular weight is 207 g/mol. The summed E-state index contributed by atoms with van der Waals surface area (Å²) in [6.45, 7) is 2.00. The first-order chi connectivity index (χ1) is 7.16. The average Bonchev–Trinajstić information content (AvgIpc) is 2.65. The number of benzene rings is 1. The lowest BCUT2D eigenvalue weighted by atomic mass is 9.95. The van der Waals surface area contributed by atoms with E-state index in [0.717, 1.165) is 25.1 Å². The molecule has 2 rings (SSSR count). The van der Waals surface area contributed by atoms with E-state index in [1.165, 1.54) is 0 Å². The molecule has 0 radical (unpaired) electrons. The Bertz CT molecular complexity index is 323. The van der Waals surface area contributed by atoms with Gasteiger partial charge in [-0.05, 0) is 37.7 Å². The van der Waals surface area contributed by atoms with Gasteiger partial charge in [0.2, 0.25) is 0 Å². The van der Waals surface area contributed by atoms with E-state index in [1.54, 1.807) is 24.3 Å². The molecule has 1 aromatic carbocycles. The maximum absolute atomic E-state index is 10.1. The third-order valence-corrected chi connectivity index (χ3v) is 3.11. The first-order valence-corrected chi connectivity index (χ1v) is 5.32. The van der Waals surface area contributed by atoms with Crippen molar-refractivity contribution in [2.75, 3.05) is 20.1 Å². The molecule has 0 spiro atoms. The van der Waals surface area contributed by atoms with Gasteiger partial charge in [-0.2, -0.15) is 0 Å². The number of aliphatic hydroxyl groups excluding tert-OH is 1. The van der Waals surface area contributed by atoms with Gasteiger partial charge in [-0.3, -0.25) is 0 Å². The molecule has 3 heteroatoms. The zero-order valence-electron chi connectivity index (χ0n) is 8.93. The Labute approximate surface area is 90.0 Å². The largest absolute Gasteiger partial charge is 0.508 e. The lowest BCUT2D eigenvalue weighted by molar-refractivity contribution is 0.113. The fourth-order valence-corrected chi connectivity index (χ4v) is 2.17. The van der Waals surface area contributed by atoms with Gasteiger partial charge in [0.25, 0.3) is 0 Å². The zero-order chi connectivity index (χ0) is 10.8. The van der Waals surface area contributed by atoms with Gasteiger partial charge in [0.15, 0.2) is 0 Å². The normalized spacial score (nSPS) is 24.3. The maximum Gasteiger partial charge on any atom is 0.115 e. The summed E-state index contributed by atoms with van der Waals surface area (Å²) in [6, 6.07) is 6.82. The number of nitrogens with zero attached hydrogens (tertiary/aromatic N) is 1. The highest BCUT2D eigenvalue weighted by Gasteiger charge is 2.27. The number of aliphatic hydroxyl groups is 1. The highest BCUT2D eigenvalue weighted by molar-refractivity contribution is 5.27. The van der Waals surface area contributed by atoms with Crippen molar-refractivity contribution < 1.29 is 10.2 Å². The van der Waals surface area contributed by atoms with Crippen LogP contribution in [0.15, 0.2) is 24.3 Å². The Hall–Kier alpha value is -1.06. The summed E-state index contributed by atoms with van der Waals surface area (Å²) < 4.78 is 0. The first kappa shape index (κ1) is 10.5. The van der Waals surface area contributed by atoms with E-state index in [-0.39, 0.29) is 5.75 Å². The topological polar surface area (TPSA) is 43.7 Å². The van der Waals surface area contributed by atoms with Gasteiger partial charge in [-0.1, -0.05) is 12.1 Å². The van der Waals surface area contributed by atoms with Gasteiger partial charge in [-0.25, -0.2) is 0 Å². The molecule has 0 amide bonds. The molecule has 2 N–H and O–H groups in total. The summed E-state index contributed by atoms with van der Waals surface area (Å²) in [7, 11) is 2.07. The maximum atomic E-state index is 10.1. The van der Waals surface area contributed by atoms with Crippen molar-refractivity contribution in [3.8, 4) is 5.75 Å². The lowest BCUT2D eigenvalue weighted by Gasteiger charge is -2.18. The van der Waals surface area contributed by atoms with Crippen LogP contribution in [0.1, 0.15) is 18.1 Å². The first-order valence-electron chi connectivity index (χ1n) is 5.32. The second kappa shape index (κ2) is 4.21. The van der Waals surface area contributed by atoms with E-state index in [4.69, 9.17) is 5.11 Å². The third kappa shape index (κ3) is 2.30. The van der Waals surface area contributed by atoms with Crippen LogP contribution in [0.25, 0.3) is 0 Å². The number of aromatic hydroxyl groups is 1. The lowest BCUT2D eigenvalue weighted by Crippen LogP contribution is -2.18. The van der Waals surface area contributed by atoms with Gasteiger partial charge in [0.05, 0.1) is 6.10 Å². The second-order valence-corrected chi connectivity index (χ2v) is 4.35. The van der Waals surface area contributed by atoms with Crippen LogP contribution < -0.4 is 0 Å². The molecule has 2 atom stereocenters. The summed E-state index contributed by atoms with van der Waals surface area (Å²) in [4.78, 5) is 2.23. The van der Waals surface area contributed by atoms with Crippen LogP contribution in [-0.2, 0) is 0 Å². The standard InChI is InChI=1S/C12H17NO2/c1-13-7-6-10(8-13)12(15)9-2-4-11(14)5-3-9/h2-5,10,12,14-15H,6-8H2,1H3. The molecule has 1 aliphatic heterocycles. The molecule has 0 aliphatic carbocycles. The SMILES string of the molecule is CN1CCC(C(O)c2ccc(O)cc2)C1. The number of hydrogen-bond donors (Lipinski definition) is 2. The van der Waals surface area contributed by atoms with Crippen molar-refractivity contribution in [1.82, 2.24) is 4.90 Å². The van der Waals surface area contributed by atoms with E-state index in [0.29, 0.717) is 5.92 Å². The smallest absolute Gasteiger partial charge is 0.115 e. The van der Waals surface area contributed by atoms with Gasteiger partial charge in [-0.15, -0.1) is 0 Å². The number of rotatable bonds is 2. The molecule has 3 nitrogen and oxygen atoms in total. The fraction of sp³-hybridized carbons (Fsp3) is 0.500. The molecular weight excluding hydrogens is 190 g/mol. The van der Waals surface area contributed by atoms with E-state index >= 15 is 0 Å². The van der Waals surface area contributed by atoms with Crippen molar-refractivity contribution in [3.63, 3.8) is 0 Å². The Morgan fingerprint density at radius 2 is 2.00 bits per heavy atom. The zero-order valence-corrected chi connectivity index (χ0v) is 8.93. The predicted molar refractivity (Wildman–Crippen MR) is 58.7 cm³/mol. The van der Waals surface area contributed by atoms with Crippen molar-refractivity contribution in [2.24, 2.45) is 5.92 Å². The minimum Gasteiger partial charge on any atom is -0.508 e. The van der Waals surface area contributed by atoms with E-state index < -0.39 is 6.10 Å². The highest BCUT2D eigenvalue weighted by Crippen LogP contribution is 2.29. The summed E-state index contributed by atoms with van der Waals surface area (Å²) in [5, 5.41) is 19.3. The molecule has 0 aromatic heterocycles. The van der Waals surface area contributed by atoms with Gasteiger partial charge in [0.1, 0.15) is 5.75 Å². The minimum absolute atomic E-state index is 0.245. The van der Waals surface area contributed by atoms with Crippen LogP contribution in [0, 0.1) is 5.92 Å². The van der Waals surface area contributed by atoms with Crippen LogP contribution in [0.2, 0.25) is 0 Å². The molecule has 1 aliphatic rings. The Morgan fingerprint density at radius 1 is 1.33 bits per heavy atom. The van der Waals surface area contributed by atoms with Crippen LogP contribution in [-0.4, -0.2) is 35.3 Å². The Balaban J connectivity index is 2.07. The second-order valence-electron chi connectivity index (χ2n) is 4.35. The quantitative estimate of drug-likeness (QED) is 0.770. The molecular formula is C12H17NO2. The van der Waals surface area contributed by atoms with Crippen molar-refractivity contribution in [2.45, 2.75) is 12.5 Å². The van der Waals surface area contributed by atoms with Gasteiger partial charge < -0.3 is 15.1 Å². The summed E-state index contributed by atoms with van der Waals surface area (Å²) >= 11 is 0. The molecule has 1 aromatic rings. The van der Waals surface area contributed by atoms with Crippen molar-refractivity contribution >= 4 is 0 Å². The monoisotopic (exact) mass is 207 g/mol. The fourth-order valence-electron chi connectivity index (χ4n) is 2.17. The van der Waals surface area contributed by atoms with Crippen molar-refractivity contribution in [3.05, 3.63) is 29.8 Å². The molecule has 0 saturated carbocycles. The minimum atomic E-state index is -0.407. The molecule has 1 heterocycles. The predicted octanol–water partition coefficient (Wildman–Crippen LogP) is 1.38. The number of likely N-dealkylation sites (tertiary alicyclic amines) is 1. The Kier molecular flexibility index (Phi) is 2.93. The van der Waals surface area contributed by atoms with Crippen LogP contribution in [0.4, 0.5) is 0 Å². The van der Waals surface area contributed by atoms with Crippen LogP contribution >= 0.6 is 0 Å². The molecule has 2 unspecified atom stereocenters. The van der Waals surface area contributed by atoms with E-state index in [9.17, 15) is 5.11 Å². The van der Waals surface area contributed by atoms with E-state index in [2.05, 4.69) is 11.9 Å². The number of hydrogen-bond acceptors (Lipinski definition) is 3. The number of phenolic OH excluding ortho intramolecular Hbond substituents is 1. The third-order valence-electron chi connectivity index (χ3n) is 3.11. The molecule has 82 valence electrons. The van der Waals surface area contributed by atoms with Gasteiger partial charge >= 0.3 is 0 Å². The van der Waals surface area contributed by atoms with Crippen LogP contribution in [0.5, 0.6) is 5.75 Å². The summed E-state index contributed by atoms with van der Waals surface area (Å²) in [5.74, 6) is 0.564. The highest BCUT2D eigenvalue weighted by atomic mass is 16.3. The molecule has 1 fully saturated rings. The van der Waals surface area contributed by atoms with Crippen LogP contribution in [0.3, 0.4) is 0 Å². The molecule has 15 heavy (non-hydrogen) atoms. The van der Waals surface area contributed by atoms with Gasteiger partial charge in [0, 0.05) is 12.5 Å². The van der Waals surface area contributed by atoms with E-state index in [1.807, 2.05) is 0 Å². The Morgan fingerprint density at radius 3 is 2.53 bits per heavy atom. The van der Waals surface area contributed by atoms with Crippen molar-refractivity contribution in [1.29, 1.82) is 0 Å². The summed E-state index contributed by atoms with van der Waals surface area (Å²) in [5.41, 5.74) is 0.896.